The van der Waals surface area contributed by atoms with Crippen LogP contribution < -0.4 is 5.32 Å². The minimum Gasteiger partial charge on any atom is -0.399 e. The number of oxime groups is 1. The Hall–Kier alpha value is -1.14. The number of aliphatic hydroxyl groups is 1. The van der Waals surface area contributed by atoms with Crippen molar-refractivity contribution in [1.29, 1.82) is 0 Å². The van der Waals surface area contributed by atoms with Gasteiger partial charge in [0, 0.05) is 12.4 Å². The van der Waals surface area contributed by atoms with Gasteiger partial charge in [-0.25, -0.2) is 4.98 Å². The predicted octanol–water partition coefficient (Wildman–Crippen LogP) is 0.528. The number of anilines is 1. The number of thiazole rings is 1. The standard InChI is InChI=1S/C7H11N3O2S/c1-8-7-9-6(4-13-7)5(3-11)10-12-2/h4,11H,3H2,1-2H3,(H,8,9)/b10-5-. The van der Waals surface area contributed by atoms with Gasteiger partial charge in [-0.3, -0.25) is 0 Å². The van der Waals surface area contributed by atoms with Crippen molar-refractivity contribution >= 4 is 22.2 Å². The van der Waals surface area contributed by atoms with E-state index in [0.717, 1.165) is 5.13 Å². The molecule has 72 valence electrons. The number of nitrogens with zero attached hydrogens (tertiary/aromatic N) is 2. The summed E-state index contributed by atoms with van der Waals surface area (Å²) in [6, 6.07) is 0. The highest BCUT2D eigenvalue weighted by molar-refractivity contribution is 7.13. The Bertz CT molecular complexity index is 298. The van der Waals surface area contributed by atoms with E-state index in [9.17, 15) is 0 Å². The Morgan fingerprint density at radius 1 is 1.85 bits per heavy atom. The Morgan fingerprint density at radius 3 is 3.08 bits per heavy atom. The maximum absolute atomic E-state index is 8.93. The van der Waals surface area contributed by atoms with Gasteiger partial charge >= 0.3 is 0 Å². The first-order valence-corrected chi connectivity index (χ1v) is 4.54. The minimum absolute atomic E-state index is 0.180. The predicted molar refractivity (Wildman–Crippen MR) is 52.3 cm³/mol. The summed E-state index contributed by atoms with van der Waals surface area (Å²) in [5.74, 6) is 0. The molecule has 0 aliphatic heterocycles. The first-order chi connectivity index (χ1) is 6.31. The smallest absolute Gasteiger partial charge is 0.182 e. The third-order valence-corrected chi connectivity index (χ3v) is 2.22. The van der Waals surface area contributed by atoms with Crippen LogP contribution in [-0.2, 0) is 4.84 Å². The van der Waals surface area contributed by atoms with E-state index in [2.05, 4.69) is 20.3 Å². The summed E-state index contributed by atoms with van der Waals surface area (Å²) in [5.41, 5.74) is 1.07. The van der Waals surface area contributed by atoms with E-state index in [1.807, 2.05) is 0 Å². The monoisotopic (exact) mass is 201 g/mol. The van der Waals surface area contributed by atoms with Gasteiger partial charge in [0.1, 0.15) is 18.5 Å². The molecule has 1 aromatic heterocycles. The normalized spacial score (nSPS) is 11.5. The van der Waals surface area contributed by atoms with Crippen LogP contribution in [0.25, 0.3) is 0 Å². The van der Waals surface area contributed by atoms with Crippen LogP contribution in [0.1, 0.15) is 5.69 Å². The van der Waals surface area contributed by atoms with Gasteiger partial charge in [-0.1, -0.05) is 5.16 Å². The van der Waals surface area contributed by atoms with E-state index in [4.69, 9.17) is 5.11 Å². The fraction of sp³-hybridized carbons (Fsp3) is 0.429. The summed E-state index contributed by atoms with van der Waals surface area (Å²) in [7, 11) is 3.22. The lowest BCUT2D eigenvalue weighted by molar-refractivity contribution is 0.209. The van der Waals surface area contributed by atoms with Crippen LogP contribution >= 0.6 is 11.3 Å². The molecule has 0 aliphatic rings. The molecular weight excluding hydrogens is 190 g/mol. The quantitative estimate of drug-likeness (QED) is 0.551. The largest absolute Gasteiger partial charge is 0.399 e. The second-order valence-corrected chi connectivity index (χ2v) is 3.02. The summed E-state index contributed by atoms with van der Waals surface area (Å²) in [6.45, 7) is -0.180. The van der Waals surface area contributed by atoms with Crippen LogP contribution in [0.3, 0.4) is 0 Å². The molecule has 0 bridgehead atoms. The maximum atomic E-state index is 8.93. The van der Waals surface area contributed by atoms with E-state index in [1.165, 1.54) is 18.4 Å². The van der Waals surface area contributed by atoms with Crippen LogP contribution in [-0.4, -0.2) is 36.6 Å². The van der Waals surface area contributed by atoms with E-state index in [-0.39, 0.29) is 6.61 Å². The molecule has 0 saturated carbocycles. The van der Waals surface area contributed by atoms with E-state index in [0.29, 0.717) is 11.4 Å². The number of hydrogen-bond donors (Lipinski definition) is 2. The fourth-order valence-electron chi connectivity index (χ4n) is 0.788. The Balaban J connectivity index is 2.85. The number of hydrogen-bond acceptors (Lipinski definition) is 6. The third kappa shape index (κ3) is 2.40. The van der Waals surface area contributed by atoms with Gasteiger partial charge in [0.05, 0.1) is 6.61 Å². The molecule has 5 nitrogen and oxygen atoms in total. The zero-order valence-corrected chi connectivity index (χ0v) is 8.26. The van der Waals surface area contributed by atoms with Crippen molar-refractivity contribution in [2.75, 3.05) is 26.1 Å². The summed E-state index contributed by atoms with van der Waals surface area (Å²) in [6.07, 6.45) is 0. The summed E-state index contributed by atoms with van der Waals surface area (Å²) < 4.78 is 0. The van der Waals surface area contributed by atoms with E-state index < -0.39 is 0 Å². The number of nitrogens with one attached hydrogen (secondary N) is 1. The average Bonchev–Trinajstić information content (AvgIpc) is 2.62. The molecule has 0 amide bonds. The van der Waals surface area contributed by atoms with Crippen LogP contribution in [0, 0.1) is 0 Å². The lowest BCUT2D eigenvalue weighted by Gasteiger charge is -1.96. The second kappa shape index (κ2) is 4.78. The van der Waals surface area contributed by atoms with Gasteiger partial charge in [0.2, 0.25) is 0 Å². The highest BCUT2D eigenvalue weighted by atomic mass is 32.1. The van der Waals surface area contributed by atoms with Gasteiger partial charge in [0.15, 0.2) is 5.13 Å². The Kier molecular flexibility index (Phi) is 3.66. The van der Waals surface area contributed by atoms with Crippen molar-refractivity contribution in [2.45, 2.75) is 0 Å². The number of aliphatic hydroxyl groups excluding tert-OH is 1. The molecule has 0 radical (unpaired) electrons. The molecule has 0 aliphatic carbocycles. The molecule has 13 heavy (non-hydrogen) atoms. The number of aromatic nitrogens is 1. The molecule has 0 aromatic carbocycles. The van der Waals surface area contributed by atoms with Crippen molar-refractivity contribution in [3.8, 4) is 0 Å². The van der Waals surface area contributed by atoms with E-state index >= 15 is 0 Å². The molecular formula is C7H11N3O2S. The molecule has 0 fully saturated rings. The highest BCUT2D eigenvalue weighted by Gasteiger charge is 2.07. The van der Waals surface area contributed by atoms with Crippen LogP contribution in [0.5, 0.6) is 0 Å². The molecule has 0 spiro atoms. The topological polar surface area (TPSA) is 66.7 Å². The Labute approximate surface area is 80.1 Å². The zero-order valence-electron chi connectivity index (χ0n) is 7.44. The fourth-order valence-corrected chi connectivity index (χ4v) is 1.47. The first kappa shape index (κ1) is 9.94. The first-order valence-electron chi connectivity index (χ1n) is 3.66. The van der Waals surface area contributed by atoms with Crippen molar-refractivity contribution in [1.82, 2.24) is 4.98 Å². The van der Waals surface area contributed by atoms with Crippen molar-refractivity contribution in [3.05, 3.63) is 11.1 Å². The molecule has 0 unspecified atom stereocenters. The molecule has 1 heterocycles. The lowest BCUT2D eigenvalue weighted by Crippen LogP contribution is -2.07. The average molecular weight is 201 g/mol. The highest BCUT2D eigenvalue weighted by Crippen LogP contribution is 2.14. The molecule has 0 atom stereocenters. The molecule has 2 N–H and O–H groups in total. The zero-order chi connectivity index (χ0) is 9.68. The van der Waals surface area contributed by atoms with Crippen LogP contribution in [0.15, 0.2) is 10.5 Å². The van der Waals surface area contributed by atoms with Crippen molar-refractivity contribution in [2.24, 2.45) is 5.16 Å². The van der Waals surface area contributed by atoms with Gasteiger partial charge in [0.25, 0.3) is 0 Å². The summed E-state index contributed by atoms with van der Waals surface area (Å²) >= 11 is 1.45. The molecule has 0 saturated heterocycles. The number of rotatable bonds is 4. The third-order valence-electron chi connectivity index (χ3n) is 1.36. The molecule has 1 rings (SSSR count). The van der Waals surface area contributed by atoms with Crippen molar-refractivity contribution < 1.29 is 9.94 Å². The second-order valence-electron chi connectivity index (χ2n) is 2.17. The van der Waals surface area contributed by atoms with Gasteiger partial charge in [-0.15, -0.1) is 11.3 Å². The lowest BCUT2D eigenvalue weighted by atomic mass is 10.3. The van der Waals surface area contributed by atoms with Crippen molar-refractivity contribution in [3.63, 3.8) is 0 Å². The van der Waals surface area contributed by atoms with Gasteiger partial charge < -0.3 is 15.3 Å². The molecule has 6 heteroatoms. The van der Waals surface area contributed by atoms with Crippen LogP contribution in [0.2, 0.25) is 0 Å². The SMILES string of the molecule is CNc1nc(/C(CO)=N\OC)cs1. The molecule has 1 aromatic rings. The van der Waals surface area contributed by atoms with Crippen LogP contribution in [0.4, 0.5) is 5.13 Å². The van der Waals surface area contributed by atoms with Gasteiger partial charge in [-0.2, -0.15) is 0 Å². The minimum atomic E-state index is -0.180. The van der Waals surface area contributed by atoms with E-state index in [1.54, 1.807) is 12.4 Å². The summed E-state index contributed by atoms with van der Waals surface area (Å²) in [4.78, 5) is 8.72. The summed E-state index contributed by atoms with van der Waals surface area (Å²) in [5, 5.41) is 18.1. The van der Waals surface area contributed by atoms with Gasteiger partial charge in [-0.05, 0) is 0 Å². The Morgan fingerprint density at radius 2 is 2.62 bits per heavy atom. The maximum Gasteiger partial charge on any atom is 0.182 e.